The van der Waals surface area contributed by atoms with Gasteiger partial charge in [-0.1, -0.05) is 6.92 Å². The molecule has 1 saturated heterocycles. The number of hydrogen-bond donors (Lipinski definition) is 1. The lowest BCUT2D eigenvalue weighted by atomic mass is 9.84. The molecule has 1 amide bonds. The van der Waals surface area contributed by atoms with Crippen LogP contribution in [0.2, 0.25) is 0 Å². The Morgan fingerprint density at radius 2 is 2.27 bits per heavy atom. The summed E-state index contributed by atoms with van der Waals surface area (Å²) in [6, 6.07) is 0. The van der Waals surface area contributed by atoms with E-state index in [1.807, 2.05) is 6.92 Å². The average Bonchev–Trinajstić information content (AvgIpc) is 1.83. The zero-order valence-corrected chi connectivity index (χ0v) is 7.29. The van der Waals surface area contributed by atoms with E-state index in [0.717, 1.165) is 0 Å². The zero-order chi connectivity index (χ0) is 8.65. The highest BCUT2D eigenvalue weighted by molar-refractivity contribution is 5.77. The molecule has 3 heteroatoms. The Bertz CT molecular complexity index is 177. The molecule has 0 spiro atoms. The SMILES string of the molecule is C[C@H]1CC(=O)N(C)C[C@@]1(C)O. The Balaban J connectivity index is 2.70. The predicted octanol–water partition coefficient (Wildman–Crippen LogP) is 0.236. The van der Waals surface area contributed by atoms with Crippen molar-refractivity contribution in [3.8, 4) is 0 Å². The molecule has 1 aliphatic heterocycles. The van der Waals surface area contributed by atoms with Gasteiger partial charge in [0.15, 0.2) is 0 Å². The van der Waals surface area contributed by atoms with Crippen LogP contribution in [0.3, 0.4) is 0 Å². The Labute approximate surface area is 67.0 Å². The van der Waals surface area contributed by atoms with E-state index in [1.165, 1.54) is 0 Å². The van der Waals surface area contributed by atoms with E-state index in [1.54, 1.807) is 18.9 Å². The smallest absolute Gasteiger partial charge is 0.222 e. The van der Waals surface area contributed by atoms with Crippen molar-refractivity contribution < 1.29 is 9.90 Å². The van der Waals surface area contributed by atoms with Crippen LogP contribution < -0.4 is 0 Å². The number of β-amino-alcohol motifs (C(OH)–C–C–N with tert-alkyl or cyclic N) is 1. The van der Waals surface area contributed by atoms with Gasteiger partial charge in [0.2, 0.25) is 5.91 Å². The van der Waals surface area contributed by atoms with Gasteiger partial charge < -0.3 is 10.0 Å². The summed E-state index contributed by atoms with van der Waals surface area (Å²) < 4.78 is 0. The van der Waals surface area contributed by atoms with E-state index in [9.17, 15) is 9.90 Å². The van der Waals surface area contributed by atoms with E-state index < -0.39 is 5.60 Å². The maximum atomic E-state index is 11.1. The highest BCUT2D eigenvalue weighted by Crippen LogP contribution is 2.26. The van der Waals surface area contributed by atoms with Gasteiger partial charge in [-0.25, -0.2) is 0 Å². The standard InChI is InChI=1S/C8H15NO2/c1-6-4-7(10)9(3)5-8(6,2)11/h6,11H,4-5H2,1-3H3/t6-,8+/m0/s1. The number of carbonyl (C=O) groups is 1. The number of piperidine rings is 1. The van der Waals surface area contributed by atoms with Crippen LogP contribution in [0.15, 0.2) is 0 Å². The second-order valence-corrected chi connectivity index (χ2v) is 3.71. The van der Waals surface area contributed by atoms with Crippen LogP contribution >= 0.6 is 0 Å². The van der Waals surface area contributed by atoms with Gasteiger partial charge >= 0.3 is 0 Å². The molecule has 64 valence electrons. The van der Waals surface area contributed by atoms with Crippen LogP contribution in [-0.2, 0) is 4.79 Å². The topological polar surface area (TPSA) is 40.5 Å². The molecule has 3 nitrogen and oxygen atoms in total. The molecule has 1 aliphatic rings. The zero-order valence-electron chi connectivity index (χ0n) is 7.29. The maximum Gasteiger partial charge on any atom is 0.222 e. The number of carbonyl (C=O) groups excluding carboxylic acids is 1. The molecule has 0 radical (unpaired) electrons. The Morgan fingerprint density at radius 1 is 1.73 bits per heavy atom. The number of hydrogen-bond acceptors (Lipinski definition) is 2. The summed E-state index contributed by atoms with van der Waals surface area (Å²) in [7, 11) is 1.72. The molecular formula is C8H15NO2. The number of rotatable bonds is 0. The Morgan fingerprint density at radius 3 is 2.73 bits per heavy atom. The molecule has 0 bridgehead atoms. The summed E-state index contributed by atoms with van der Waals surface area (Å²) in [6.07, 6.45) is 0.462. The lowest BCUT2D eigenvalue weighted by molar-refractivity contribution is -0.145. The molecule has 1 N–H and O–H groups in total. The number of amides is 1. The van der Waals surface area contributed by atoms with E-state index >= 15 is 0 Å². The Kier molecular flexibility index (Phi) is 1.92. The van der Waals surface area contributed by atoms with E-state index in [0.29, 0.717) is 13.0 Å². The molecule has 0 aromatic heterocycles. The summed E-state index contributed by atoms with van der Waals surface area (Å²) in [5, 5.41) is 9.74. The minimum absolute atomic E-state index is 0.0752. The molecule has 2 atom stereocenters. The molecule has 0 aromatic carbocycles. The van der Waals surface area contributed by atoms with Crippen LogP contribution in [0, 0.1) is 5.92 Å². The van der Waals surface area contributed by atoms with Crippen molar-refractivity contribution in [3.05, 3.63) is 0 Å². The highest BCUT2D eigenvalue weighted by Gasteiger charge is 2.37. The van der Waals surface area contributed by atoms with Crippen LogP contribution in [0.4, 0.5) is 0 Å². The first-order valence-electron chi connectivity index (χ1n) is 3.90. The minimum Gasteiger partial charge on any atom is -0.388 e. The second-order valence-electron chi connectivity index (χ2n) is 3.71. The third-order valence-corrected chi connectivity index (χ3v) is 2.53. The number of likely N-dealkylation sites (tertiary alicyclic amines) is 1. The van der Waals surface area contributed by atoms with E-state index in [2.05, 4.69) is 0 Å². The van der Waals surface area contributed by atoms with Gasteiger partial charge in [-0.2, -0.15) is 0 Å². The van der Waals surface area contributed by atoms with Crippen LogP contribution in [0.5, 0.6) is 0 Å². The van der Waals surface area contributed by atoms with E-state index in [-0.39, 0.29) is 11.8 Å². The predicted molar refractivity (Wildman–Crippen MR) is 42.0 cm³/mol. The molecule has 1 fully saturated rings. The third-order valence-electron chi connectivity index (χ3n) is 2.53. The lowest BCUT2D eigenvalue weighted by Crippen LogP contribution is -2.52. The van der Waals surface area contributed by atoms with Crippen molar-refractivity contribution in [3.63, 3.8) is 0 Å². The van der Waals surface area contributed by atoms with Crippen molar-refractivity contribution >= 4 is 5.91 Å². The summed E-state index contributed by atoms with van der Waals surface area (Å²) in [5.74, 6) is 0.204. The summed E-state index contributed by atoms with van der Waals surface area (Å²) in [4.78, 5) is 12.7. The largest absolute Gasteiger partial charge is 0.388 e. The third kappa shape index (κ3) is 1.53. The maximum absolute atomic E-state index is 11.1. The monoisotopic (exact) mass is 157 g/mol. The summed E-state index contributed by atoms with van der Waals surface area (Å²) >= 11 is 0. The molecule has 0 aliphatic carbocycles. The quantitative estimate of drug-likeness (QED) is 0.547. The fourth-order valence-electron chi connectivity index (χ4n) is 1.36. The van der Waals surface area contributed by atoms with Crippen LogP contribution in [0.1, 0.15) is 20.3 Å². The molecule has 0 unspecified atom stereocenters. The fourth-order valence-corrected chi connectivity index (χ4v) is 1.36. The first kappa shape index (κ1) is 8.53. The number of aliphatic hydroxyl groups is 1. The summed E-state index contributed by atoms with van der Waals surface area (Å²) in [6.45, 7) is 4.14. The fraction of sp³-hybridized carbons (Fsp3) is 0.875. The molecule has 0 saturated carbocycles. The van der Waals surface area contributed by atoms with Crippen molar-refractivity contribution in [1.29, 1.82) is 0 Å². The first-order chi connectivity index (χ1) is 4.93. The normalized spacial score (nSPS) is 39.5. The van der Waals surface area contributed by atoms with Gasteiger partial charge in [0, 0.05) is 20.0 Å². The van der Waals surface area contributed by atoms with Crippen molar-refractivity contribution in [2.75, 3.05) is 13.6 Å². The molecular weight excluding hydrogens is 142 g/mol. The molecule has 1 heterocycles. The van der Waals surface area contributed by atoms with E-state index in [4.69, 9.17) is 0 Å². The van der Waals surface area contributed by atoms with Gasteiger partial charge in [-0.05, 0) is 12.8 Å². The van der Waals surface area contributed by atoms with Crippen LogP contribution in [0.25, 0.3) is 0 Å². The van der Waals surface area contributed by atoms with Gasteiger partial charge in [-0.3, -0.25) is 4.79 Å². The highest BCUT2D eigenvalue weighted by atomic mass is 16.3. The lowest BCUT2D eigenvalue weighted by Gasteiger charge is -2.39. The van der Waals surface area contributed by atoms with Crippen molar-refractivity contribution in [2.45, 2.75) is 25.9 Å². The van der Waals surface area contributed by atoms with Crippen LogP contribution in [-0.4, -0.2) is 35.1 Å². The van der Waals surface area contributed by atoms with Gasteiger partial charge in [0.05, 0.1) is 5.60 Å². The molecule has 11 heavy (non-hydrogen) atoms. The first-order valence-corrected chi connectivity index (χ1v) is 3.90. The van der Waals surface area contributed by atoms with Crippen molar-refractivity contribution in [1.82, 2.24) is 4.90 Å². The summed E-state index contributed by atoms with van der Waals surface area (Å²) in [5.41, 5.74) is -0.706. The second kappa shape index (κ2) is 2.48. The molecule has 0 aromatic rings. The Hall–Kier alpha value is -0.570. The van der Waals surface area contributed by atoms with Gasteiger partial charge in [0.25, 0.3) is 0 Å². The minimum atomic E-state index is -0.706. The number of nitrogens with zero attached hydrogens (tertiary/aromatic N) is 1. The molecule has 1 rings (SSSR count). The van der Waals surface area contributed by atoms with Gasteiger partial charge in [0.1, 0.15) is 0 Å². The number of likely N-dealkylation sites (N-methyl/N-ethyl adjacent to an activating group) is 1. The average molecular weight is 157 g/mol. The van der Waals surface area contributed by atoms with Gasteiger partial charge in [-0.15, -0.1) is 0 Å². The van der Waals surface area contributed by atoms with Crippen molar-refractivity contribution in [2.24, 2.45) is 5.92 Å².